The predicted octanol–water partition coefficient (Wildman–Crippen LogP) is 0.937. The van der Waals surface area contributed by atoms with E-state index in [1.165, 1.54) is 0 Å². The van der Waals surface area contributed by atoms with Gasteiger partial charge in [-0.3, -0.25) is 14.4 Å². The zero-order valence-electron chi connectivity index (χ0n) is 21.9. The molecule has 0 heterocycles. The molecule has 2 amide bonds. The number of rotatable bonds is 14. The molecule has 2 aromatic carbocycles. The van der Waals surface area contributed by atoms with Crippen molar-refractivity contribution in [2.75, 3.05) is 27.7 Å². The number of halogens is 1. The van der Waals surface area contributed by atoms with Crippen LogP contribution in [-0.2, 0) is 27.5 Å². The zero-order valence-corrected chi connectivity index (χ0v) is 23.5. The van der Waals surface area contributed by atoms with Crippen LogP contribution in [0.25, 0.3) is 0 Å². The van der Waals surface area contributed by atoms with Crippen molar-refractivity contribution in [3.63, 3.8) is 0 Å². The van der Waals surface area contributed by atoms with Crippen LogP contribution >= 0.6 is 0 Å². The lowest BCUT2D eigenvalue weighted by atomic mass is 10.0. The molecular formula is C28H39BrN4O3. The van der Waals surface area contributed by atoms with E-state index < -0.39 is 0 Å². The Morgan fingerprint density at radius 2 is 1.36 bits per heavy atom. The summed E-state index contributed by atoms with van der Waals surface area (Å²) in [6.45, 7) is 3.21. The highest BCUT2D eigenvalue weighted by Crippen LogP contribution is 2.13. The van der Waals surface area contributed by atoms with Gasteiger partial charge in [0.15, 0.2) is 6.54 Å². The highest BCUT2D eigenvalue weighted by Gasteiger charge is 2.18. The standard InChI is InChI=1S/C28H38N4O3.BrH/c1-5-12-26(33)19-25(29-30-27(34)22-32(2,3)4)17-18-28(35)31(20-23-13-8-6-9-14-23)21-24-15-10-7-11-16-24;/h6-11,13-16H,5,12,17-22H2,1-4H3;1H/b29-25-;. The quantitative estimate of drug-likeness (QED) is 0.213. The van der Waals surface area contributed by atoms with E-state index in [-0.39, 0.29) is 54.0 Å². The molecule has 1 N–H and O–H groups in total. The van der Waals surface area contributed by atoms with Gasteiger partial charge in [0, 0.05) is 38.1 Å². The molecule has 2 aromatic rings. The SMILES string of the molecule is CCCC(=O)C/C(CCC(=O)N(Cc1ccccc1)Cc1ccccc1)=N\NC(=O)C[N+](C)(C)C.[Br-]. The second-order valence-corrected chi connectivity index (χ2v) is 9.85. The van der Waals surface area contributed by atoms with Crippen molar-refractivity contribution >= 4 is 23.3 Å². The molecular weight excluding hydrogens is 520 g/mol. The molecule has 0 saturated carbocycles. The minimum absolute atomic E-state index is 0. The largest absolute Gasteiger partial charge is 1.00 e. The highest BCUT2D eigenvalue weighted by molar-refractivity contribution is 6.03. The van der Waals surface area contributed by atoms with Crippen molar-refractivity contribution in [1.82, 2.24) is 10.3 Å². The van der Waals surface area contributed by atoms with Gasteiger partial charge in [0.25, 0.3) is 5.91 Å². The van der Waals surface area contributed by atoms with Crippen LogP contribution in [0.3, 0.4) is 0 Å². The molecule has 0 unspecified atom stereocenters. The first kappa shape index (κ1) is 31.2. The van der Waals surface area contributed by atoms with E-state index in [0.29, 0.717) is 36.1 Å². The number of carbonyl (C=O) groups excluding carboxylic acids is 3. The third-order valence-electron chi connectivity index (χ3n) is 5.30. The number of Topliss-reactive ketones (excluding diaryl/α,β-unsaturated/α-hetero) is 1. The monoisotopic (exact) mass is 558 g/mol. The molecule has 196 valence electrons. The minimum Gasteiger partial charge on any atom is -1.00 e. The average molecular weight is 560 g/mol. The van der Waals surface area contributed by atoms with Gasteiger partial charge in [-0.25, -0.2) is 5.43 Å². The molecule has 0 fully saturated rings. The van der Waals surface area contributed by atoms with Gasteiger partial charge < -0.3 is 26.4 Å². The number of quaternary nitrogens is 1. The Labute approximate surface area is 225 Å². The molecule has 0 atom stereocenters. The van der Waals surface area contributed by atoms with Crippen molar-refractivity contribution in [1.29, 1.82) is 0 Å². The van der Waals surface area contributed by atoms with Crippen molar-refractivity contribution in [2.45, 2.75) is 52.1 Å². The predicted molar refractivity (Wildman–Crippen MR) is 139 cm³/mol. The van der Waals surface area contributed by atoms with Crippen LogP contribution < -0.4 is 22.4 Å². The normalized spacial score (nSPS) is 11.4. The molecule has 0 aliphatic carbocycles. The second-order valence-electron chi connectivity index (χ2n) is 9.85. The number of likely N-dealkylation sites (N-methyl/N-ethyl adjacent to an activating group) is 1. The van der Waals surface area contributed by atoms with Crippen LogP contribution in [0.2, 0.25) is 0 Å². The number of nitrogens with zero attached hydrogens (tertiary/aromatic N) is 3. The molecule has 0 aliphatic rings. The summed E-state index contributed by atoms with van der Waals surface area (Å²) in [5.74, 6) is -0.185. The first-order valence-corrected chi connectivity index (χ1v) is 12.2. The zero-order chi connectivity index (χ0) is 25.7. The molecule has 2 rings (SSSR count). The van der Waals surface area contributed by atoms with Gasteiger partial charge in [-0.2, -0.15) is 5.10 Å². The number of carbonyl (C=O) groups is 3. The van der Waals surface area contributed by atoms with Gasteiger partial charge in [-0.05, 0) is 24.0 Å². The molecule has 8 heteroatoms. The molecule has 0 aromatic heterocycles. The molecule has 0 saturated heterocycles. The number of nitrogens with one attached hydrogen (secondary N) is 1. The van der Waals surface area contributed by atoms with Crippen LogP contribution in [0.15, 0.2) is 65.8 Å². The first-order valence-electron chi connectivity index (χ1n) is 12.2. The van der Waals surface area contributed by atoms with Crippen LogP contribution in [0.4, 0.5) is 0 Å². The summed E-state index contributed by atoms with van der Waals surface area (Å²) in [6.07, 6.45) is 1.88. The highest BCUT2D eigenvalue weighted by atomic mass is 79.9. The maximum absolute atomic E-state index is 13.3. The van der Waals surface area contributed by atoms with Gasteiger partial charge in [0.05, 0.1) is 21.1 Å². The van der Waals surface area contributed by atoms with Crippen LogP contribution in [0, 0.1) is 0 Å². The van der Waals surface area contributed by atoms with Crippen molar-refractivity contribution in [2.24, 2.45) is 5.10 Å². The topological polar surface area (TPSA) is 78.8 Å². The van der Waals surface area contributed by atoms with Crippen LogP contribution in [0.1, 0.15) is 50.2 Å². The molecule has 0 aliphatic heterocycles. The number of amides is 2. The van der Waals surface area contributed by atoms with Crippen molar-refractivity contribution in [3.8, 4) is 0 Å². The van der Waals surface area contributed by atoms with Gasteiger partial charge >= 0.3 is 0 Å². The van der Waals surface area contributed by atoms with E-state index in [2.05, 4.69) is 10.5 Å². The van der Waals surface area contributed by atoms with Crippen molar-refractivity contribution in [3.05, 3.63) is 71.8 Å². The Morgan fingerprint density at radius 3 is 1.83 bits per heavy atom. The van der Waals surface area contributed by atoms with Gasteiger partial charge in [0.2, 0.25) is 5.91 Å². The van der Waals surface area contributed by atoms with Crippen LogP contribution in [-0.4, -0.2) is 60.4 Å². The van der Waals surface area contributed by atoms with E-state index >= 15 is 0 Å². The molecule has 7 nitrogen and oxygen atoms in total. The van der Waals surface area contributed by atoms with Crippen molar-refractivity contribution < 1.29 is 35.8 Å². The number of hydrazone groups is 1. The summed E-state index contributed by atoms with van der Waals surface area (Å²) in [7, 11) is 5.76. The van der Waals surface area contributed by atoms with Gasteiger partial charge in [-0.1, -0.05) is 67.6 Å². The summed E-state index contributed by atoms with van der Waals surface area (Å²) in [4.78, 5) is 39.6. The summed E-state index contributed by atoms with van der Waals surface area (Å²) in [5, 5.41) is 4.24. The lowest BCUT2D eigenvalue weighted by molar-refractivity contribution is -0.862. The second kappa shape index (κ2) is 16.0. The van der Waals surface area contributed by atoms with E-state index in [9.17, 15) is 14.4 Å². The lowest BCUT2D eigenvalue weighted by Crippen LogP contribution is -3.00. The third kappa shape index (κ3) is 12.7. The van der Waals surface area contributed by atoms with Crippen LogP contribution in [0.5, 0.6) is 0 Å². The number of hydrogen-bond donors (Lipinski definition) is 1. The van der Waals surface area contributed by atoms with E-state index in [1.807, 2.05) is 93.6 Å². The maximum atomic E-state index is 13.3. The first-order chi connectivity index (χ1) is 16.7. The molecule has 36 heavy (non-hydrogen) atoms. The molecule has 0 radical (unpaired) electrons. The summed E-state index contributed by atoms with van der Waals surface area (Å²) < 4.78 is 0.470. The fourth-order valence-electron chi connectivity index (χ4n) is 3.64. The number of ketones is 1. The minimum atomic E-state index is -0.223. The van der Waals surface area contributed by atoms with Gasteiger partial charge in [-0.15, -0.1) is 0 Å². The Balaban J connectivity index is 0.00000648. The smallest absolute Gasteiger partial charge is 0.295 e. The molecule has 0 bridgehead atoms. The summed E-state index contributed by atoms with van der Waals surface area (Å²) in [6, 6.07) is 19.8. The summed E-state index contributed by atoms with van der Waals surface area (Å²) >= 11 is 0. The van der Waals surface area contributed by atoms with E-state index in [1.54, 1.807) is 0 Å². The molecule has 0 spiro atoms. The van der Waals surface area contributed by atoms with Gasteiger partial charge in [0.1, 0.15) is 5.78 Å². The summed E-state index contributed by atoms with van der Waals surface area (Å²) in [5.41, 5.74) is 5.21. The average Bonchev–Trinajstić information content (AvgIpc) is 2.80. The Bertz CT molecular complexity index is 947. The Hall–Kier alpha value is -2.84. The number of benzene rings is 2. The number of hydrogen-bond acceptors (Lipinski definition) is 4. The third-order valence-corrected chi connectivity index (χ3v) is 5.30. The Kier molecular flexibility index (Phi) is 13.9. The Morgan fingerprint density at radius 1 is 0.833 bits per heavy atom. The lowest BCUT2D eigenvalue weighted by Gasteiger charge is -2.23. The fourth-order valence-corrected chi connectivity index (χ4v) is 3.64. The van der Waals surface area contributed by atoms with E-state index in [0.717, 1.165) is 17.5 Å². The maximum Gasteiger partial charge on any atom is 0.295 e. The fraction of sp³-hybridized carbons (Fsp3) is 0.429. The van der Waals surface area contributed by atoms with E-state index in [4.69, 9.17) is 0 Å².